The standard InChI is InChI=1S/C19H24N4O2/c1-22-19-15(11-21-22)7-9-23(17(19)13-25-12-14-5-6-14)18(24)10-16-4-2-3-8-20-16/h2-4,8,11,14,17H,5-7,9-10,12-13H2,1H3. The minimum Gasteiger partial charge on any atom is -0.379 e. The van der Waals surface area contributed by atoms with Crippen LogP contribution in [0.4, 0.5) is 0 Å². The quantitative estimate of drug-likeness (QED) is 0.806. The van der Waals surface area contributed by atoms with Gasteiger partial charge in [0, 0.05) is 32.1 Å². The number of fused-ring (bicyclic) bond motifs is 1. The van der Waals surface area contributed by atoms with Crippen LogP contribution in [0.15, 0.2) is 30.6 Å². The van der Waals surface area contributed by atoms with Gasteiger partial charge in [-0.3, -0.25) is 14.5 Å². The number of rotatable bonds is 6. The predicted molar refractivity (Wildman–Crippen MR) is 92.9 cm³/mol. The van der Waals surface area contributed by atoms with E-state index in [1.807, 2.05) is 41.0 Å². The Morgan fingerprint density at radius 3 is 2.96 bits per heavy atom. The molecular weight excluding hydrogens is 316 g/mol. The fraction of sp³-hybridized carbons (Fsp3) is 0.526. The first-order valence-corrected chi connectivity index (χ1v) is 9.00. The van der Waals surface area contributed by atoms with E-state index in [0.717, 1.165) is 24.4 Å². The Hall–Kier alpha value is -2.21. The number of aryl methyl sites for hydroxylation is 1. The number of carbonyl (C=O) groups excluding carboxylic acids is 1. The van der Waals surface area contributed by atoms with Crippen LogP contribution in [0, 0.1) is 5.92 Å². The highest BCUT2D eigenvalue weighted by Gasteiger charge is 2.34. The van der Waals surface area contributed by atoms with E-state index >= 15 is 0 Å². The summed E-state index contributed by atoms with van der Waals surface area (Å²) in [7, 11) is 1.94. The molecule has 1 fully saturated rings. The van der Waals surface area contributed by atoms with E-state index < -0.39 is 0 Å². The van der Waals surface area contributed by atoms with E-state index in [4.69, 9.17) is 4.74 Å². The van der Waals surface area contributed by atoms with Crippen molar-refractivity contribution in [1.29, 1.82) is 0 Å². The third kappa shape index (κ3) is 3.58. The Labute approximate surface area is 147 Å². The van der Waals surface area contributed by atoms with Crippen LogP contribution >= 0.6 is 0 Å². The summed E-state index contributed by atoms with van der Waals surface area (Å²) in [5, 5.41) is 4.39. The van der Waals surface area contributed by atoms with Gasteiger partial charge in [0.15, 0.2) is 0 Å². The smallest absolute Gasteiger partial charge is 0.229 e. The second kappa shape index (κ2) is 6.96. The zero-order valence-electron chi connectivity index (χ0n) is 14.6. The zero-order chi connectivity index (χ0) is 17.2. The van der Waals surface area contributed by atoms with Crippen LogP contribution in [0.3, 0.4) is 0 Å². The SMILES string of the molecule is Cn1ncc2c1C(COCC1CC1)N(C(=O)Cc1ccccn1)CC2. The largest absolute Gasteiger partial charge is 0.379 e. The maximum absolute atomic E-state index is 12.9. The van der Waals surface area contributed by atoms with E-state index in [1.54, 1.807) is 6.20 Å². The summed E-state index contributed by atoms with van der Waals surface area (Å²) < 4.78 is 7.85. The van der Waals surface area contributed by atoms with Crippen LogP contribution in [0.5, 0.6) is 0 Å². The molecule has 1 aliphatic heterocycles. The lowest BCUT2D eigenvalue weighted by Crippen LogP contribution is -2.43. The van der Waals surface area contributed by atoms with Crippen molar-refractivity contribution in [3.05, 3.63) is 47.5 Å². The molecule has 0 aromatic carbocycles. The first-order valence-electron chi connectivity index (χ1n) is 9.00. The summed E-state index contributed by atoms with van der Waals surface area (Å²) in [6.45, 7) is 2.05. The molecule has 0 bridgehead atoms. The van der Waals surface area contributed by atoms with Crippen LogP contribution in [0.25, 0.3) is 0 Å². The number of carbonyl (C=O) groups is 1. The number of pyridine rings is 1. The Morgan fingerprint density at radius 1 is 1.32 bits per heavy atom. The van der Waals surface area contributed by atoms with Crippen LogP contribution in [0.1, 0.15) is 35.8 Å². The highest BCUT2D eigenvalue weighted by Crippen LogP contribution is 2.32. The average molecular weight is 340 g/mol. The van der Waals surface area contributed by atoms with Crippen LogP contribution in [0.2, 0.25) is 0 Å². The van der Waals surface area contributed by atoms with Gasteiger partial charge < -0.3 is 9.64 Å². The molecule has 4 rings (SSSR count). The summed E-state index contributed by atoms with van der Waals surface area (Å²) in [4.78, 5) is 19.2. The van der Waals surface area contributed by atoms with Gasteiger partial charge in [0.05, 0.1) is 31.0 Å². The summed E-state index contributed by atoms with van der Waals surface area (Å²) in [5.74, 6) is 0.817. The Morgan fingerprint density at radius 2 is 2.20 bits per heavy atom. The molecular formula is C19H24N4O2. The molecule has 1 unspecified atom stereocenters. The number of hydrogen-bond donors (Lipinski definition) is 0. The van der Waals surface area contributed by atoms with Crippen molar-refractivity contribution in [2.75, 3.05) is 19.8 Å². The molecule has 0 saturated heterocycles. The molecule has 1 aliphatic carbocycles. The van der Waals surface area contributed by atoms with Gasteiger partial charge in [-0.05, 0) is 42.9 Å². The zero-order valence-corrected chi connectivity index (χ0v) is 14.6. The fourth-order valence-electron chi connectivity index (χ4n) is 3.52. The first kappa shape index (κ1) is 16.3. The normalized spacial score (nSPS) is 19.7. The van der Waals surface area contributed by atoms with Gasteiger partial charge in [0.2, 0.25) is 5.91 Å². The van der Waals surface area contributed by atoms with Crippen molar-refractivity contribution >= 4 is 5.91 Å². The molecule has 0 radical (unpaired) electrons. The summed E-state index contributed by atoms with van der Waals surface area (Å²) in [6, 6.07) is 5.62. The van der Waals surface area contributed by atoms with Gasteiger partial charge in [-0.2, -0.15) is 5.10 Å². The molecule has 2 aliphatic rings. The molecule has 1 amide bonds. The van der Waals surface area contributed by atoms with E-state index in [2.05, 4.69) is 10.1 Å². The van der Waals surface area contributed by atoms with Gasteiger partial charge in [0.1, 0.15) is 0 Å². The van der Waals surface area contributed by atoms with Gasteiger partial charge in [0.25, 0.3) is 0 Å². The Bertz CT molecular complexity index is 739. The monoisotopic (exact) mass is 340 g/mol. The van der Waals surface area contributed by atoms with Crippen LogP contribution in [-0.2, 0) is 29.4 Å². The Balaban J connectivity index is 1.51. The molecule has 1 saturated carbocycles. The fourth-order valence-corrected chi connectivity index (χ4v) is 3.52. The van der Waals surface area contributed by atoms with Crippen molar-refractivity contribution in [1.82, 2.24) is 19.7 Å². The minimum atomic E-state index is -0.0637. The van der Waals surface area contributed by atoms with Crippen molar-refractivity contribution in [3.63, 3.8) is 0 Å². The molecule has 2 aromatic heterocycles. The molecule has 6 nitrogen and oxygen atoms in total. The maximum Gasteiger partial charge on any atom is 0.229 e. The van der Waals surface area contributed by atoms with Gasteiger partial charge in [-0.25, -0.2) is 0 Å². The van der Waals surface area contributed by atoms with E-state index in [9.17, 15) is 4.79 Å². The van der Waals surface area contributed by atoms with Crippen molar-refractivity contribution in [2.24, 2.45) is 13.0 Å². The first-order chi connectivity index (χ1) is 12.2. The molecule has 3 heterocycles. The number of nitrogens with zero attached hydrogens (tertiary/aromatic N) is 4. The number of hydrogen-bond acceptors (Lipinski definition) is 4. The topological polar surface area (TPSA) is 60.2 Å². The summed E-state index contributed by atoms with van der Waals surface area (Å²) in [6.07, 6.45) is 7.36. The third-order valence-corrected chi connectivity index (χ3v) is 5.08. The van der Waals surface area contributed by atoms with E-state index in [1.165, 1.54) is 18.4 Å². The summed E-state index contributed by atoms with van der Waals surface area (Å²) in [5.41, 5.74) is 3.14. The molecule has 132 valence electrons. The van der Waals surface area contributed by atoms with Gasteiger partial charge >= 0.3 is 0 Å². The van der Waals surface area contributed by atoms with Crippen molar-refractivity contribution in [2.45, 2.75) is 31.7 Å². The van der Waals surface area contributed by atoms with Crippen LogP contribution < -0.4 is 0 Å². The molecule has 1 atom stereocenters. The number of aromatic nitrogens is 3. The Kier molecular flexibility index (Phi) is 4.53. The molecule has 25 heavy (non-hydrogen) atoms. The number of ether oxygens (including phenoxy) is 1. The highest BCUT2D eigenvalue weighted by molar-refractivity contribution is 5.79. The predicted octanol–water partition coefficient (Wildman–Crippen LogP) is 1.91. The highest BCUT2D eigenvalue weighted by atomic mass is 16.5. The lowest BCUT2D eigenvalue weighted by molar-refractivity contribution is -0.135. The summed E-state index contributed by atoms with van der Waals surface area (Å²) >= 11 is 0. The maximum atomic E-state index is 12.9. The molecule has 6 heteroatoms. The lowest BCUT2D eigenvalue weighted by Gasteiger charge is -2.36. The second-order valence-corrected chi connectivity index (χ2v) is 7.01. The average Bonchev–Trinajstić information content (AvgIpc) is 3.37. The third-order valence-electron chi connectivity index (χ3n) is 5.08. The van der Waals surface area contributed by atoms with E-state index in [0.29, 0.717) is 25.5 Å². The molecule has 2 aromatic rings. The van der Waals surface area contributed by atoms with Gasteiger partial charge in [-0.15, -0.1) is 0 Å². The number of amides is 1. The molecule has 0 N–H and O–H groups in total. The van der Waals surface area contributed by atoms with Crippen molar-refractivity contribution < 1.29 is 9.53 Å². The lowest BCUT2D eigenvalue weighted by atomic mass is 9.99. The molecule has 0 spiro atoms. The van der Waals surface area contributed by atoms with Crippen LogP contribution in [-0.4, -0.2) is 45.3 Å². The van der Waals surface area contributed by atoms with Gasteiger partial charge in [-0.1, -0.05) is 6.07 Å². The minimum absolute atomic E-state index is 0.0637. The second-order valence-electron chi connectivity index (χ2n) is 7.01. The van der Waals surface area contributed by atoms with E-state index in [-0.39, 0.29) is 11.9 Å². The van der Waals surface area contributed by atoms with Crippen molar-refractivity contribution in [3.8, 4) is 0 Å².